The summed E-state index contributed by atoms with van der Waals surface area (Å²) in [6, 6.07) is 15.2. The van der Waals surface area contributed by atoms with Crippen LogP contribution in [0.5, 0.6) is 0 Å². The molecule has 6 heteroatoms. The maximum atomic E-state index is 13.3. The number of benzene rings is 2. The van der Waals surface area contributed by atoms with Crippen LogP contribution in [0.2, 0.25) is 0 Å². The highest BCUT2D eigenvalue weighted by molar-refractivity contribution is 7.89. The Balaban J connectivity index is 1.56. The number of aryl methyl sites for hydroxylation is 1. The third-order valence-electron chi connectivity index (χ3n) is 6.43. The summed E-state index contributed by atoms with van der Waals surface area (Å²) < 4.78 is 28.1. The van der Waals surface area contributed by atoms with Crippen LogP contribution in [0.1, 0.15) is 54.1 Å². The normalized spacial score (nSPS) is 20.4. The molecule has 1 amide bonds. The molecule has 0 aliphatic carbocycles. The second kappa shape index (κ2) is 8.97. The van der Waals surface area contributed by atoms with Gasteiger partial charge >= 0.3 is 0 Å². The smallest absolute Gasteiger partial charge is 0.254 e. The minimum atomic E-state index is -3.61. The zero-order chi connectivity index (χ0) is 22.0. The Morgan fingerprint density at radius 1 is 1.03 bits per heavy atom. The zero-order valence-electron chi connectivity index (χ0n) is 18.3. The largest absolute Gasteiger partial charge is 0.335 e. The molecule has 164 valence electrons. The van der Waals surface area contributed by atoms with Crippen molar-refractivity contribution in [1.29, 1.82) is 0 Å². The van der Waals surface area contributed by atoms with E-state index in [1.165, 1.54) is 11.1 Å². The average molecular weight is 439 g/mol. The van der Waals surface area contributed by atoms with E-state index in [4.69, 9.17) is 0 Å². The molecule has 2 aliphatic heterocycles. The van der Waals surface area contributed by atoms with E-state index >= 15 is 0 Å². The number of sulfonamides is 1. The zero-order valence-corrected chi connectivity index (χ0v) is 19.1. The van der Waals surface area contributed by atoms with Crippen LogP contribution in [0.3, 0.4) is 0 Å². The van der Waals surface area contributed by atoms with Crippen molar-refractivity contribution >= 4 is 21.5 Å². The van der Waals surface area contributed by atoms with Crippen LogP contribution in [0.4, 0.5) is 0 Å². The summed E-state index contributed by atoms with van der Waals surface area (Å²) in [5.41, 5.74) is 3.71. The quantitative estimate of drug-likeness (QED) is 0.707. The van der Waals surface area contributed by atoms with Crippen LogP contribution in [0.25, 0.3) is 5.57 Å². The molecule has 0 saturated carbocycles. The molecule has 0 bridgehead atoms. The molecule has 0 unspecified atom stereocenters. The Bertz CT molecular complexity index is 1090. The molecule has 5 nitrogen and oxygen atoms in total. The van der Waals surface area contributed by atoms with Crippen molar-refractivity contribution in [3.05, 3.63) is 71.3 Å². The minimum Gasteiger partial charge on any atom is -0.335 e. The van der Waals surface area contributed by atoms with Crippen LogP contribution in [0, 0.1) is 6.92 Å². The highest BCUT2D eigenvalue weighted by Crippen LogP contribution is 2.28. The number of amides is 1. The number of hydrogen-bond acceptors (Lipinski definition) is 3. The summed E-state index contributed by atoms with van der Waals surface area (Å²) in [4.78, 5) is 15.3. The highest BCUT2D eigenvalue weighted by Gasteiger charge is 2.32. The van der Waals surface area contributed by atoms with Crippen LogP contribution in [-0.2, 0) is 10.0 Å². The maximum Gasteiger partial charge on any atom is 0.254 e. The van der Waals surface area contributed by atoms with E-state index < -0.39 is 10.0 Å². The molecule has 0 N–H and O–H groups in total. The van der Waals surface area contributed by atoms with E-state index in [2.05, 4.69) is 18.2 Å². The van der Waals surface area contributed by atoms with Crippen molar-refractivity contribution in [1.82, 2.24) is 9.21 Å². The Kier molecular flexibility index (Phi) is 6.30. The van der Waals surface area contributed by atoms with Gasteiger partial charge in [0.05, 0.1) is 4.90 Å². The van der Waals surface area contributed by atoms with Gasteiger partial charge in [0.2, 0.25) is 10.0 Å². The van der Waals surface area contributed by atoms with Crippen molar-refractivity contribution in [2.75, 3.05) is 19.6 Å². The number of nitrogens with zero attached hydrogens (tertiary/aromatic N) is 2. The highest BCUT2D eigenvalue weighted by atomic mass is 32.2. The molecule has 2 aromatic rings. The van der Waals surface area contributed by atoms with Crippen LogP contribution in [-0.4, -0.2) is 49.2 Å². The van der Waals surface area contributed by atoms with Gasteiger partial charge in [-0.25, -0.2) is 8.42 Å². The molecule has 0 spiro atoms. The van der Waals surface area contributed by atoms with Gasteiger partial charge in [-0.15, -0.1) is 0 Å². The summed E-state index contributed by atoms with van der Waals surface area (Å²) in [5.74, 6) is -0.107. The number of carbonyl (C=O) groups excluding carboxylic acids is 1. The van der Waals surface area contributed by atoms with Gasteiger partial charge in [-0.3, -0.25) is 4.79 Å². The van der Waals surface area contributed by atoms with Gasteiger partial charge in [-0.2, -0.15) is 4.31 Å². The summed E-state index contributed by atoms with van der Waals surface area (Å²) in [5, 5.41) is 0. The van der Waals surface area contributed by atoms with Crippen LogP contribution >= 0.6 is 0 Å². The fraction of sp³-hybridized carbons (Fsp3) is 0.400. The lowest BCUT2D eigenvalue weighted by Crippen LogP contribution is -2.42. The molecule has 0 aromatic heterocycles. The minimum absolute atomic E-state index is 0.0113. The van der Waals surface area contributed by atoms with Gasteiger partial charge in [-0.05, 0) is 61.9 Å². The van der Waals surface area contributed by atoms with E-state index in [0.29, 0.717) is 25.2 Å². The number of carbonyl (C=O) groups is 1. The SMILES string of the molecule is Cc1ccc(S(=O)(=O)N2CCCC[C@@H]2C)cc1C(=O)N1CC=C(c2ccccc2)CC1. The summed E-state index contributed by atoms with van der Waals surface area (Å²) in [6.07, 6.45) is 5.70. The summed E-state index contributed by atoms with van der Waals surface area (Å²) in [6.45, 7) is 5.52. The second-order valence-corrected chi connectivity index (χ2v) is 10.4. The molecular formula is C25H30N2O3S. The predicted octanol–water partition coefficient (Wildman–Crippen LogP) is 4.49. The van der Waals surface area contributed by atoms with Crippen molar-refractivity contribution < 1.29 is 13.2 Å². The van der Waals surface area contributed by atoms with Gasteiger partial charge in [0, 0.05) is 31.2 Å². The van der Waals surface area contributed by atoms with Crippen LogP contribution in [0.15, 0.2) is 59.5 Å². The fourth-order valence-electron chi connectivity index (χ4n) is 4.49. The number of hydrogen-bond donors (Lipinski definition) is 0. The molecule has 2 aromatic carbocycles. The molecule has 31 heavy (non-hydrogen) atoms. The first-order valence-corrected chi connectivity index (χ1v) is 12.5. The Labute approximate surface area is 185 Å². The first-order valence-electron chi connectivity index (χ1n) is 11.0. The average Bonchev–Trinajstić information content (AvgIpc) is 2.79. The van der Waals surface area contributed by atoms with Crippen molar-refractivity contribution in [2.45, 2.75) is 50.5 Å². The van der Waals surface area contributed by atoms with E-state index in [0.717, 1.165) is 31.2 Å². The molecule has 2 heterocycles. The lowest BCUT2D eigenvalue weighted by molar-refractivity contribution is 0.0772. The van der Waals surface area contributed by atoms with Crippen molar-refractivity contribution in [3.8, 4) is 0 Å². The van der Waals surface area contributed by atoms with Gasteiger partial charge in [-0.1, -0.05) is 48.9 Å². The van der Waals surface area contributed by atoms with E-state index in [1.54, 1.807) is 27.4 Å². The summed E-state index contributed by atoms with van der Waals surface area (Å²) in [7, 11) is -3.61. The molecule has 4 rings (SSSR count). The van der Waals surface area contributed by atoms with Crippen molar-refractivity contribution in [3.63, 3.8) is 0 Å². The third kappa shape index (κ3) is 4.46. The molecular weight excluding hydrogens is 408 g/mol. The lowest BCUT2D eigenvalue weighted by Gasteiger charge is -2.32. The van der Waals surface area contributed by atoms with Gasteiger partial charge < -0.3 is 4.90 Å². The number of rotatable bonds is 4. The van der Waals surface area contributed by atoms with Gasteiger partial charge in [0.25, 0.3) is 5.91 Å². The standard InChI is InChI=1S/C25H30N2O3S/c1-19-11-12-23(31(29,30)27-15-7-6-8-20(27)2)18-24(19)25(28)26-16-13-22(14-17-26)21-9-4-3-5-10-21/h3-5,9-13,18,20H,6-8,14-17H2,1-2H3/t20-/m0/s1. The lowest BCUT2D eigenvalue weighted by atomic mass is 9.99. The molecule has 0 radical (unpaired) electrons. The number of piperidine rings is 1. The third-order valence-corrected chi connectivity index (χ3v) is 8.44. The van der Waals surface area contributed by atoms with E-state index in [1.807, 2.05) is 32.0 Å². The van der Waals surface area contributed by atoms with Gasteiger partial charge in [0.15, 0.2) is 0 Å². The summed E-state index contributed by atoms with van der Waals surface area (Å²) >= 11 is 0. The molecule has 1 saturated heterocycles. The second-order valence-electron chi connectivity index (χ2n) is 8.53. The van der Waals surface area contributed by atoms with Crippen LogP contribution < -0.4 is 0 Å². The van der Waals surface area contributed by atoms with Gasteiger partial charge in [0.1, 0.15) is 0 Å². The monoisotopic (exact) mass is 438 g/mol. The topological polar surface area (TPSA) is 57.7 Å². The van der Waals surface area contributed by atoms with E-state index in [9.17, 15) is 13.2 Å². The molecule has 1 atom stereocenters. The predicted molar refractivity (Wildman–Crippen MR) is 123 cm³/mol. The van der Waals surface area contributed by atoms with E-state index in [-0.39, 0.29) is 16.8 Å². The first-order chi connectivity index (χ1) is 14.9. The fourth-order valence-corrected chi connectivity index (χ4v) is 6.22. The first kappa shape index (κ1) is 21.8. The molecule has 1 fully saturated rings. The Morgan fingerprint density at radius 3 is 2.48 bits per heavy atom. The Hall–Kier alpha value is -2.44. The Morgan fingerprint density at radius 2 is 1.81 bits per heavy atom. The van der Waals surface area contributed by atoms with Crippen molar-refractivity contribution in [2.24, 2.45) is 0 Å². The maximum absolute atomic E-state index is 13.3. The molecule has 2 aliphatic rings.